The van der Waals surface area contributed by atoms with Gasteiger partial charge >= 0.3 is 0 Å². The third kappa shape index (κ3) is 3.89. The molecule has 0 saturated carbocycles. The van der Waals surface area contributed by atoms with Crippen LogP contribution in [0, 0.1) is 13.8 Å². The molecule has 142 valence electrons. The van der Waals surface area contributed by atoms with Gasteiger partial charge in [-0.15, -0.1) is 12.4 Å². The number of aromatic hydroxyl groups is 1. The summed E-state index contributed by atoms with van der Waals surface area (Å²) in [4.78, 5) is 13.3. The Bertz CT molecular complexity index is 1100. The van der Waals surface area contributed by atoms with E-state index in [-0.39, 0.29) is 24.2 Å². The second-order valence-corrected chi connectivity index (χ2v) is 6.56. The van der Waals surface area contributed by atoms with Crippen molar-refractivity contribution >= 4 is 29.1 Å². The molecule has 0 aliphatic rings. The van der Waals surface area contributed by atoms with Crippen LogP contribution < -0.4 is 5.32 Å². The van der Waals surface area contributed by atoms with E-state index >= 15 is 0 Å². The highest BCUT2D eigenvalue weighted by molar-refractivity contribution is 5.86. The van der Waals surface area contributed by atoms with Crippen molar-refractivity contribution < 1.29 is 5.11 Å². The third-order valence-electron chi connectivity index (χ3n) is 4.52. The Morgan fingerprint density at radius 3 is 2.43 bits per heavy atom. The Hall–Kier alpha value is -3.18. The number of phenolic OH excluding ortho intramolecular Hbond substituents is 1. The summed E-state index contributed by atoms with van der Waals surface area (Å²) in [6.07, 6.45) is 3.53. The molecule has 0 aliphatic carbocycles. The molecule has 0 radical (unpaired) electrons. The van der Waals surface area contributed by atoms with Gasteiger partial charge in [0, 0.05) is 34.7 Å². The normalized spacial score (nSPS) is 11.6. The molecule has 0 bridgehead atoms. The maximum Gasteiger partial charge on any atom is 0.147 e. The lowest BCUT2D eigenvalue weighted by Gasteiger charge is -2.22. The molecule has 0 fully saturated rings. The number of halogens is 1. The van der Waals surface area contributed by atoms with E-state index in [1.54, 1.807) is 12.4 Å². The Morgan fingerprint density at radius 2 is 1.68 bits per heavy atom. The van der Waals surface area contributed by atoms with Gasteiger partial charge in [-0.3, -0.25) is 4.98 Å². The van der Waals surface area contributed by atoms with E-state index in [0.29, 0.717) is 5.52 Å². The van der Waals surface area contributed by atoms with Crippen molar-refractivity contribution in [3.8, 4) is 5.75 Å². The first-order valence-electron chi connectivity index (χ1n) is 8.81. The fourth-order valence-corrected chi connectivity index (χ4v) is 3.18. The number of rotatable bonds is 4. The molecular formula is C22H21ClN4O. The molecule has 4 aromatic rings. The molecular weight excluding hydrogens is 372 g/mol. The smallest absolute Gasteiger partial charge is 0.147 e. The summed E-state index contributed by atoms with van der Waals surface area (Å²) in [5, 5.41) is 15.3. The average molecular weight is 393 g/mol. The highest BCUT2D eigenvalue weighted by atomic mass is 35.5. The van der Waals surface area contributed by atoms with Gasteiger partial charge in [-0.25, -0.2) is 9.97 Å². The second-order valence-electron chi connectivity index (χ2n) is 6.56. The fourth-order valence-electron chi connectivity index (χ4n) is 3.18. The minimum absolute atomic E-state index is 0. The minimum Gasteiger partial charge on any atom is -0.505 e. The molecule has 3 heterocycles. The zero-order chi connectivity index (χ0) is 18.8. The maximum absolute atomic E-state index is 11.0. The molecule has 1 atom stereocenters. The number of anilines is 1. The number of fused-ring (bicyclic) bond motifs is 1. The molecule has 0 saturated heterocycles. The van der Waals surface area contributed by atoms with Crippen molar-refractivity contribution in [1.82, 2.24) is 15.0 Å². The van der Waals surface area contributed by atoms with Crippen LogP contribution in [0.15, 0.2) is 67.0 Å². The summed E-state index contributed by atoms with van der Waals surface area (Å²) in [5.41, 5.74) is 4.05. The average Bonchev–Trinajstić information content (AvgIpc) is 2.68. The zero-order valence-electron chi connectivity index (χ0n) is 15.6. The first-order valence-corrected chi connectivity index (χ1v) is 8.81. The number of benzene rings is 1. The number of phenols is 1. The van der Waals surface area contributed by atoms with Crippen LogP contribution in [0.25, 0.3) is 10.9 Å². The predicted octanol–water partition coefficient (Wildman–Crippen LogP) is 4.97. The van der Waals surface area contributed by atoms with E-state index in [9.17, 15) is 5.11 Å². The Morgan fingerprint density at radius 1 is 0.893 bits per heavy atom. The van der Waals surface area contributed by atoms with Gasteiger partial charge in [0.2, 0.25) is 0 Å². The van der Waals surface area contributed by atoms with Crippen molar-refractivity contribution in [2.75, 3.05) is 5.32 Å². The number of hydrogen-bond donors (Lipinski definition) is 2. The molecule has 5 nitrogen and oxygen atoms in total. The summed E-state index contributed by atoms with van der Waals surface area (Å²) in [7, 11) is 0. The Kier molecular flexibility index (Phi) is 5.76. The molecule has 0 aliphatic heterocycles. The van der Waals surface area contributed by atoms with Gasteiger partial charge in [-0.05, 0) is 43.7 Å². The van der Waals surface area contributed by atoms with E-state index in [1.807, 2.05) is 68.4 Å². The summed E-state index contributed by atoms with van der Waals surface area (Å²) in [5.74, 6) is 0.908. The molecule has 4 rings (SSSR count). The van der Waals surface area contributed by atoms with Crippen LogP contribution in [0.1, 0.15) is 28.6 Å². The summed E-state index contributed by atoms with van der Waals surface area (Å²) >= 11 is 0. The molecule has 0 spiro atoms. The Labute approximate surface area is 169 Å². The largest absolute Gasteiger partial charge is 0.505 e. The Balaban J connectivity index is 0.00000225. The SMILES string of the molecule is Cc1cccc(NC(c2cccnc2)c2ccc3ccc(C)nc3c2O)n1.Cl. The molecule has 2 N–H and O–H groups in total. The number of nitrogens with one attached hydrogen (secondary N) is 1. The van der Waals surface area contributed by atoms with Crippen LogP contribution in [0.3, 0.4) is 0 Å². The number of hydrogen-bond acceptors (Lipinski definition) is 5. The zero-order valence-corrected chi connectivity index (χ0v) is 16.4. The quantitative estimate of drug-likeness (QED) is 0.513. The first kappa shape index (κ1) is 19.6. The van der Waals surface area contributed by atoms with Gasteiger partial charge < -0.3 is 10.4 Å². The number of nitrogens with zero attached hydrogens (tertiary/aromatic N) is 3. The van der Waals surface area contributed by atoms with Crippen molar-refractivity contribution in [2.24, 2.45) is 0 Å². The van der Waals surface area contributed by atoms with Crippen LogP contribution in [0.4, 0.5) is 5.82 Å². The summed E-state index contributed by atoms with van der Waals surface area (Å²) < 4.78 is 0. The van der Waals surface area contributed by atoms with Crippen molar-refractivity contribution in [3.63, 3.8) is 0 Å². The van der Waals surface area contributed by atoms with Gasteiger partial charge in [0.05, 0.1) is 6.04 Å². The van der Waals surface area contributed by atoms with Gasteiger partial charge in [0.15, 0.2) is 0 Å². The first-order chi connectivity index (χ1) is 13.1. The topological polar surface area (TPSA) is 70.9 Å². The van der Waals surface area contributed by atoms with Crippen LogP contribution in [-0.4, -0.2) is 20.1 Å². The van der Waals surface area contributed by atoms with Crippen LogP contribution >= 0.6 is 12.4 Å². The van der Waals surface area contributed by atoms with Gasteiger partial charge in [0.25, 0.3) is 0 Å². The lowest BCUT2D eigenvalue weighted by atomic mass is 9.97. The highest BCUT2D eigenvalue weighted by Crippen LogP contribution is 2.36. The lowest BCUT2D eigenvalue weighted by Crippen LogP contribution is -2.14. The van der Waals surface area contributed by atoms with Crippen LogP contribution in [0.5, 0.6) is 5.75 Å². The summed E-state index contributed by atoms with van der Waals surface area (Å²) in [6, 6.07) is 17.2. The van der Waals surface area contributed by atoms with E-state index in [0.717, 1.165) is 33.7 Å². The van der Waals surface area contributed by atoms with Gasteiger partial charge in [0.1, 0.15) is 17.1 Å². The van der Waals surface area contributed by atoms with Crippen LogP contribution in [-0.2, 0) is 0 Å². The monoisotopic (exact) mass is 392 g/mol. The molecule has 3 aromatic heterocycles. The maximum atomic E-state index is 11.0. The van der Waals surface area contributed by atoms with E-state index in [1.165, 1.54) is 0 Å². The number of pyridine rings is 3. The second kappa shape index (κ2) is 8.23. The van der Waals surface area contributed by atoms with Crippen molar-refractivity contribution in [1.29, 1.82) is 0 Å². The molecule has 28 heavy (non-hydrogen) atoms. The van der Waals surface area contributed by atoms with Crippen LogP contribution in [0.2, 0.25) is 0 Å². The molecule has 1 unspecified atom stereocenters. The highest BCUT2D eigenvalue weighted by Gasteiger charge is 2.20. The lowest BCUT2D eigenvalue weighted by molar-refractivity contribution is 0.471. The minimum atomic E-state index is -0.306. The summed E-state index contributed by atoms with van der Waals surface area (Å²) in [6.45, 7) is 3.86. The molecule has 1 aromatic carbocycles. The molecule has 0 amide bonds. The standard InChI is InChI=1S/C22H20N4O.ClH/c1-14-5-3-7-19(24-14)26-20(17-6-4-12-23-13-17)18-11-10-16-9-8-15(2)25-21(16)22(18)27;/h3-13,20,27H,1-2H3,(H,24,26);1H. The van der Waals surface area contributed by atoms with Crippen molar-refractivity contribution in [2.45, 2.75) is 19.9 Å². The molecule has 6 heteroatoms. The van der Waals surface area contributed by atoms with E-state index < -0.39 is 0 Å². The predicted molar refractivity (Wildman–Crippen MR) is 114 cm³/mol. The number of aromatic nitrogens is 3. The van der Waals surface area contributed by atoms with E-state index in [4.69, 9.17) is 0 Å². The third-order valence-corrected chi connectivity index (χ3v) is 4.52. The van der Waals surface area contributed by atoms with E-state index in [2.05, 4.69) is 20.3 Å². The van der Waals surface area contributed by atoms with Gasteiger partial charge in [-0.2, -0.15) is 0 Å². The fraction of sp³-hybridized carbons (Fsp3) is 0.136. The van der Waals surface area contributed by atoms with Crippen molar-refractivity contribution in [3.05, 3.63) is 89.5 Å². The van der Waals surface area contributed by atoms with Gasteiger partial charge in [-0.1, -0.05) is 30.3 Å². The number of aryl methyl sites for hydroxylation is 2.